The number of anilines is 1. The third-order valence-corrected chi connectivity index (χ3v) is 6.15. The number of imidazole rings is 1. The van der Waals surface area contributed by atoms with Crippen LogP contribution in [-0.4, -0.2) is 27.1 Å². The van der Waals surface area contributed by atoms with Crippen molar-refractivity contribution in [3.05, 3.63) is 59.2 Å². The summed E-state index contributed by atoms with van der Waals surface area (Å²) in [6, 6.07) is 15.4. The molecule has 3 heterocycles. The number of methoxy groups -OCH3 is 1. The largest absolute Gasteiger partial charge is 0.496 e. The summed E-state index contributed by atoms with van der Waals surface area (Å²) in [6.45, 7) is 1.16. The van der Waals surface area contributed by atoms with E-state index in [1.165, 1.54) is 24.4 Å². The van der Waals surface area contributed by atoms with E-state index in [2.05, 4.69) is 14.3 Å². The van der Waals surface area contributed by atoms with Gasteiger partial charge in [-0.2, -0.15) is 4.37 Å². The molecular weight excluding hydrogens is 412 g/mol. The lowest BCUT2D eigenvalue weighted by atomic mass is 10.1. The summed E-state index contributed by atoms with van der Waals surface area (Å²) in [5, 5.41) is 2.80. The van der Waals surface area contributed by atoms with Crippen LogP contribution in [0.4, 0.5) is 10.5 Å². The fourth-order valence-corrected chi connectivity index (χ4v) is 4.55. The molecule has 0 spiro atoms. The average molecular weight is 435 g/mol. The minimum absolute atomic E-state index is 0.152. The number of nitrogens with one attached hydrogen (secondary N) is 1. The van der Waals surface area contributed by atoms with E-state index in [-0.39, 0.29) is 6.61 Å². The molecule has 2 aromatic heterocycles. The number of ether oxygens (including phenoxy) is 2. The highest BCUT2D eigenvalue weighted by Gasteiger charge is 2.15. The van der Waals surface area contributed by atoms with Gasteiger partial charge < -0.3 is 14.0 Å². The molecule has 7 nitrogen and oxygen atoms in total. The van der Waals surface area contributed by atoms with Crippen molar-refractivity contribution < 1.29 is 14.3 Å². The van der Waals surface area contributed by atoms with Gasteiger partial charge in [-0.3, -0.25) is 5.32 Å². The Morgan fingerprint density at radius 3 is 3.00 bits per heavy atom. The molecule has 0 saturated carbocycles. The number of benzene rings is 2. The van der Waals surface area contributed by atoms with Gasteiger partial charge in [0.15, 0.2) is 0 Å². The minimum atomic E-state index is -0.504. The molecule has 8 heteroatoms. The third kappa shape index (κ3) is 3.98. The molecule has 5 rings (SSSR count). The summed E-state index contributed by atoms with van der Waals surface area (Å²) < 4.78 is 17.5. The Morgan fingerprint density at radius 2 is 2.10 bits per heavy atom. The molecule has 0 bridgehead atoms. The van der Waals surface area contributed by atoms with Crippen LogP contribution in [0.2, 0.25) is 0 Å². The lowest BCUT2D eigenvalue weighted by molar-refractivity contribution is 0.156. The number of para-hydroxylation sites is 1. The molecule has 31 heavy (non-hydrogen) atoms. The third-order valence-electron chi connectivity index (χ3n) is 5.39. The van der Waals surface area contributed by atoms with Crippen LogP contribution in [0.25, 0.3) is 22.3 Å². The van der Waals surface area contributed by atoms with Gasteiger partial charge in [-0.1, -0.05) is 12.1 Å². The SMILES string of the molecule is COc1ccccc1-c1cc(COC(=O)Nc2ccc3c(c2)nc2n3CCCC2)sn1. The van der Waals surface area contributed by atoms with E-state index in [9.17, 15) is 4.79 Å². The number of nitrogens with zero attached hydrogens (tertiary/aromatic N) is 3. The standard InChI is InChI=1S/C23H22N4O3S/c1-29-21-7-3-2-6-17(21)18-13-16(31-26-18)14-30-23(28)24-15-9-10-20-19(12-15)25-22-8-4-5-11-27(20)22/h2-3,6-7,9-10,12-13H,4-5,8,11,14H2,1H3,(H,24,28). The fraction of sp³-hybridized carbons (Fsp3) is 0.261. The number of rotatable bonds is 5. The summed E-state index contributed by atoms with van der Waals surface area (Å²) in [6.07, 6.45) is 2.86. The first-order chi connectivity index (χ1) is 15.2. The highest BCUT2D eigenvalue weighted by atomic mass is 32.1. The Bertz CT molecular complexity index is 1250. The van der Waals surface area contributed by atoms with Crippen LogP contribution in [-0.2, 0) is 24.3 Å². The van der Waals surface area contributed by atoms with Crippen molar-refractivity contribution in [3.63, 3.8) is 0 Å². The average Bonchev–Trinajstić information content (AvgIpc) is 3.42. The molecule has 0 radical (unpaired) electrons. The smallest absolute Gasteiger partial charge is 0.411 e. The number of carbonyl (C=O) groups excluding carboxylic acids is 1. The zero-order chi connectivity index (χ0) is 21.2. The highest BCUT2D eigenvalue weighted by molar-refractivity contribution is 7.06. The van der Waals surface area contributed by atoms with Gasteiger partial charge in [0.2, 0.25) is 0 Å². The summed E-state index contributed by atoms with van der Waals surface area (Å²) in [5.41, 5.74) is 4.40. The van der Waals surface area contributed by atoms with Crippen molar-refractivity contribution in [2.45, 2.75) is 32.4 Å². The maximum atomic E-state index is 12.3. The molecule has 0 unspecified atom stereocenters. The van der Waals surface area contributed by atoms with Crippen molar-refractivity contribution in [2.24, 2.45) is 0 Å². The van der Waals surface area contributed by atoms with Gasteiger partial charge in [-0.05, 0) is 60.8 Å². The maximum absolute atomic E-state index is 12.3. The van der Waals surface area contributed by atoms with Gasteiger partial charge in [0.25, 0.3) is 0 Å². The molecular formula is C23H22N4O3S. The molecule has 2 aromatic carbocycles. The molecule has 0 atom stereocenters. The van der Waals surface area contributed by atoms with Crippen molar-refractivity contribution in [2.75, 3.05) is 12.4 Å². The molecule has 1 N–H and O–H groups in total. The fourth-order valence-electron chi connectivity index (χ4n) is 3.91. The van der Waals surface area contributed by atoms with Crippen LogP contribution < -0.4 is 10.1 Å². The van der Waals surface area contributed by atoms with E-state index in [1.54, 1.807) is 7.11 Å². The van der Waals surface area contributed by atoms with E-state index in [0.717, 1.165) is 51.7 Å². The van der Waals surface area contributed by atoms with Crippen molar-refractivity contribution >= 4 is 34.3 Å². The summed E-state index contributed by atoms with van der Waals surface area (Å²) in [7, 11) is 1.63. The summed E-state index contributed by atoms with van der Waals surface area (Å²) in [4.78, 5) is 17.9. The topological polar surface area (TPSA) is 78.3 Å². The lowest BCUT2D eigenvalue weighted by Gasteiger charge is -2.13. The minimum Gasteiger partial charge on any atom is -0.496 e. The van der Waals surface area contributed by atoms with Crippen molar-refractivity contribution in [1.82, 2.24) is 13.9 Å². The quantitative estimate of drug-likeness (QED) is 0.464. The summed E-state index contributed by atoms with van der Waals surface area (Å²) in [5.74, 6) is 1.88. The van der Waals surface area contributed by atoms with E-state index in [0.29, 0.717) is 5.69 Å². The first-order valence-electron chi connectivity index (χ1n) is 10.2. The number of aromatic nitrogens is 3. The zero-order valence-corrected chi connectivity index (χ0v) is 17.9. The molecule has 1 amide bonds. The normalized spacial score (nSPS) is 13.1. The maximum Gasteiger partial charge on any atom is 0.411 e. The number of hydrogen-bond acceptors (Lipinski definition) is 6. The Labute approximate surface area is 183 Å². The number of amides is 1. The Kier molecular flexibility index (Phi) is 5.30. The number of carbonyl (C=O) groups is 1. The van der Waals surface area contributed by atoms with Gasteiger partial charge in [-0.25, -0.2) is 9.78 Å². The van der Waals surface area contributed by atoms with Crippen molar-refractivity contribution in [1.29, 1.82) is 0 Å². The second-order valence-electron chi connectivity index (χ2n) is 7.42. The van der Waals surface area contributed by atoms with Gasteiger partial charge in [0.05, 0.1) is 28.7 Å². The van der Waals surface area contributed by atoms with E-state index in [4.69, 9.17) is 14.5 Å². The van der Waals surface area contributed by atoms with Crippen LogP contribution in [0.15, 0.2) is 48.5 Å². The van der Waals surface area contributed by atoms with Crippen LogP contribution in [0.1, 0.15) is 23.5 Å². The van der Waals surface area contributed by atoms with Gasteiger partial charge in [0.1, 0.15) is 18.2 Å². The first-order valence-corrected chi connectivity index (χ1v) is 11.0. The van der Waals surface area contributed by atoms with Gasteiger partial charge >= 0.3 is 6.09 Å². The summed E-state index contributed by atoms with van der Waals surface area (Å²) >= 11 is 1.31. The predicted octanol–water partition coefficient (Wildman–Crippen LogP) is 5.25. The van der Waals surface area contributed by atoms with Crippen LogP contribution in [0, 0.1) is 0 Å². The molecule has 158 valence electrons. The Hall–Kier alpha value is -3.39. The van der Waals surface area contributed by atoms with Gasteiger partial charge in [-0.15, -0.1) is 0 Å². The second kappa shape index (κ2) is 8.39. The molecule has 0 saturated heterocycles. The zero-order valence-electron chi connectivity index (χ0n) is 17.1. The number of fused-ring (bicyclic) bond motifs is 3. The molecule has 0 fully saturated rings. The molecule has 1 aliphatic heterocycles. The molecule has 4 aromatic rings. The van der Waals surface area contributed by atoms with Crippen molar-refractivity contribution in [3.8, 4) is 17.0 Å². The molecule has 1 aliphatic rings. The van der Waals surface area contributed by atoms with E-state index < -0.39 is 6.09 Å². The lowest BCUT2D eigenvalue weighted by Crippen LogP contribution is -2.13. The Morgan fingerprint density at radius 1 is 1.19 bits per heavy atom. The number of aryl methyl sites for hydroxylation is 2. The monoisotopic (exact) mass is 434 g/mol. The second-order valence-corrected chi connectivity index (χ2v) is 8.31. The van der Waals surface area contributed by atoms with Crippen LogP contribution in [0.5, 0.6) is 5.75 Å². The van der Waals surface area contributed by atoms with Crippen LogP contribution in [0.3, 0.4) is 0 Å². The van der Waals surface area contributed by atoms with E-state index >= 15 is 0 Å². The predicted molar refractivity (Wildman–Crippen MR) is 121 cm³/mol. The first kappa shape index (κ1) is 19.6. The van der Waals surface area contributed by atoms with Crippen LogP contribution >= 0.6 is 11.5 Å². The number of hydrogen-bond donors (Lipinski definition) is 1. The van der Waals surface area contributed by atoms with Gasteiger partial charge in [0, 0.05) is 24.2 Å². The van der Waals surface area contributed by atoms with E-state index in [1.807, 2.05) is 48.5 Å². The Balaban J connectivity index is 1.23. The molecule has 0 aliphatic carbocycles. The highest BCUT2D eigenvalue weighted by Crippen LogP contribution is 2.30.